The van der Waals surface area contributed by atoms with Crippen molar-refractivity contribution in [3.05, 3.63) is 0 Å². The third kappa shape index (κ3) is 11.0. The van der Waals surface area contributed by atoms with Gasteiger partial charge in [-0.05, 0) is 63.2 Å². The van der Waals surface area contributed by atoms with Gasteiger partial charge < -0.3 is 18.4 Å². The van der Waals surface area contributed by atoms with Gasteiger partial charge in [0.25, 0.3) is 0 Å². The summed E-state index contributed by atoms with van der Waals surface area (Å²) in [6.07, 6.45) is 9.56. The molecular formula is C26H42N2O4+2. The highest BCUT2D eigenvalue weighted by Crippen LogP contribution is 2.15. The van der Waals surface area contributed by atoms with E-state index >= 15 is 0 Å². The van der Waals surface area contributed by atoms with Crippen LogP contribution in [-0.2, 0) is 19.1 Å². The van der Waals surface area contributed by atoms with Crippen LogP contribution in [0.25, 0.3) is 0 Å². The van der Waals surface area contributed by atoms with Crippen molar-refractivity contribution in [2.24, 2.45) is 0 Å². The molecule has 178 valence electrons. The molecule has 32 heavy (non-hydrogen) atoms. The Morgan fingerprint density at radius 2 is 1.00 bits per heavy atom. The van der Waals surface area contributed by atoms with E-state index in [0.717, 1.165) is 22.1 Å². The number of quaternary nitrogens is 2. The highest BCUT2D eigenvalue weighted by Gasteiger charge is 2.23. The molecule has 0 spiro atoms. The minimum atomic E-state index is -0.258. The van der Waals surface area contributed by atoms with Crippen LogP contribution in [0.3, 0.4) is 0 Å². The van der Waals surface area contributed by atoms with Gasteiger partial charge in [0.1, 0.15) is 13.1 Å². The number of hydrogen-bond donors (Lipinski definition) is 0. The van der Waals surface area contributed by atoms with Gasteiger partial charge in [-0.1, -0.05) is 11.8 Å². The standard InChI is InChI=1S/C26H42N2O4/c1-27(17-7-3-8-18-27)21-11-13-23-31-25(29)15-5-6-16-26(30)32-24-14-12-22-28(2)19-9-4-10-20-28/h3-10,15-24H2,1-2H3/q+2. The number of likely N-dealkylation sites (tertiary alicyclic amines) is 2. The molecule has 0 aromatic heterocycles. The Hall–Kier alpha value is -2.02. The Kier molecular flexibility index (Phi) is 11.6. The van der Waals surface area contributed by atoms with E-state index in [1.54, 1.807) is 0 Å². The molecule has 6 heteroatoms. The summed E-state index contributed by atoms with van der Waals surface area (Å²) in [6, 6.07) is 0. The lowest BCUT2D eigenvalue weighted by Gasteiger charge is -2.35. The first kappa shape index (κ1) is 26.2. The predicted octanol–water partition coefficient (Wildman–Crippen LogP) is 2.90. The molecule has 0 radical (unpaired) electrons. The third-order valence-electron chi connectivity index (χ3n) is 6.59. The second kappa shape index (κ2) is 14.2. The summed E-state index contributed by atoms with van der Waals surface area (Å²) in [7, 11) is 4.49. The molecule has 2 heterocycles. The van der Waals surface area contributed by atoms with Crippen LogP contribution in [0.4, 0.5) is 0 Å². The highest BCUT2D eigenvalue weighted by molar-refractivity contribution is 5.70. The molecule has 2 aliphatic heterocycles. The Balaban J connectivity index is 1.46. The fourth-order valence-electron chi connectivity index (χ4n) is 4.38. The molecule has 0 saturated carbocycles. The Morgan fingerprint density at radius 3 is 1.38 bits per heavy atom. The van der Waals surface area contributed by atoms with E-state index in [4.69, 9.17) is 9.47 Å². The number of nitrogens with zero attached hydrogens (tertiary/aromatic N) is 2. The Bertz CT molecular complexity index is 652. The van der Waals surface area contributed by atoms with E-state index in [2.05, 4.69) is 37.8 Å². The van der Waals surface area contributed by atoms with Gasteiger partial charge in [-0.3, -0.25) is 9.59 Å². The first-order chi connectivity index (χ1) is 15.4. The van der Waals surface area contributed by atoms with Crippen LogP contribution in [0.5, 0.6) is 0 Å². The summed E-state index contributed by atoms with van der Waals surface area (Å²) in [6.45, 7) is 6.68. The number of carbonyl (C=O) groups excluding carboxylic acids is 2. The molecule has 0 amide bonds. The molecule has 0 N–H and O–H groups in total. The number of ether oxygens (including phenoxy) is 2. The van der Waals surface area contributed by atoms with Crippen LogP contribution in [-0.4, -0.2) is 87.5 Å². The fourth-order valence-corrected chi connectivity index (χ4v) is 4.38. The summed E-state index contributed by atoms with van der Waals surface area (Å²) >= 11 is 0. The van der Waals surface area contributed by atoms with Gasteiger partial charge in [-0.2, -0.15) is 0 Å². The van der Waals surface area contributed by atoms with Crippen molar-refractivity contribution in [2.45, 2.75) is 64.2 Å². The molecule has 0 bridgehead atoms. The number of unbranched alkanes of at least 4 members (excludes halogenated alkanes) is 1. The molecule has 2 saturated heterocycles. The van der Waals surface area contributed by atoms with Gasteiger partial charge in [0.05, 0.1) is 40.3 Å². The first-order valence-corrected chi connectivity index (χ1v) is 12.3. The fraction of sp³-hybridized carbons (Fsp3) is 0.769. The van der Waals surface area contributed by atoms with Gasteiger partial charge in [-0.25, -0.2) is 0 Å². The highest BCUT2D eigenvalue weighted by atomic mass is 16.5. The van der Waals surface area contributed by atoms with Crippen molar-refractivity contribution in [1.82, 2.24) is 0 Å². The van der Waals surface area contributed by atoms with Gasteiger partial charge in [-0.15, -0.1) is 0 Å². The van der Waals surface area contributed by atoms with Crippen LogP contribution in [0.2, 0.25) is 0 Å². The number of rotatable bonds is 9. The van der Waals surface area contributed by atoms with E-state index in [0.29, 0.717) is 25.7 Å². The average Bonchev–Trinajstić information content (AvgIpc) is 2.77. The number of hydrogen-bond acceptors (Lipinski definition) is 4. The molecule has 2 fully saturated rings. The number of piperidine rings is 2. The molecule has 0 unspecified atom stereocenters. The van der Waals surface area contributed by atoms with Gasteiger partial charge in [0, 0.05) is 12.8 Å². The van der Waals surface area contributed by atoms with Gasteiger partial charge in [0.2, 0.25) is 0 Å². The Morgan fingerprint density at radius 1 is 0.625 bits per heavy atom. The monoisotopic (exact) mass is 446 g/mol. The van der Waals surface area contributed by atoms with Crippen molar-refractivity contribution < 1.29 is 28.0 Å². The smallest absolute Gasteiger partial charge is 0.306 e. The normalized spacial score (nSPS) is 18.9. The molecule has 0 atom stereocenters. The zero-order valence-corrected chi connectivity index (χ0v) is 20.3. The zero-order chi connectivity index (χ0) is 23.1. The first-order valence-electron chi connectivity index (χ1n) is 12.3. The van der Waals surface area contributed by atoms with Gasteiger partial charge in [0.15, 0.2) is 13.2 Å². The summed E-state index contributed by atoms with van der Waals surface area (Å²) in [5.41, 5.74) is 0. The molecule has 0 aromatic carbocycles. The van der Waals surface area contributed by atoms with Crippen LogP contribution in [0.1, 0.15) is 64.2 Å². The molecule has 2 aliphatic rings. The van der Waals surface area contributed by atoms with Crippen molar-refractivity contribution >= 4 is 11.9 Å². The van der Waals surface area contributed by atoms with Crippen LogP contribution in [0.15, 0.2) is 0 Å². The van der Waals surface area contributed by atoms with Crippen LogP contribution < -0.4 is 0 Å². The largest absolute Gasteiger partial charge is 0.452 e. The minimum absolute atomic E-state index is 0.150. The maximum Gasteiger partial charge on any atom is 0.306 e. The maximum absolute atomic E-state index is 11.8. The van der Waals surface area contributed by atoms with Crippen molar-refractivity contribution in [3.8, 4) is 23.7 Å². The summed E-state index contributed by atoms with van der Waals surface area (Å²) in [4.78, 5) is 23.6. The van der Waals surface area contributed by atoms with Gasteiger partial charge >= 0.3 is 11.9 Å². The van der Waals surface area contributed by atoms with E-state index in [-0.39, 0.29) is 25.2 Å². The van der Waals surface area contributed by atoms with E-state index in [1.807, 2.05) is 0 Å². The second-order valence-corrected chi connectivity index (χ2v) is 9.81. The summed E-state index contributed by atoms with van der Waals surface area (Å²) in [5, 5.41) is 0. The topological polar surface area (TPSA) is 52.6 Å². The number of carbonyl (C=O) groups is 2. The second-order valence-electron chi connectivity index (χ2n) is 9.81. The van der Waals surface area contributed by atoms with Crippen molar-refractivity contribution in [3.63, 3.8) is 0 Å². The van der Waals surface area contributed by atoms with Crippen LogP contribution >= 0.6 is 0 Å². The summed E-state index contributed by atoms with van der Waals surface area (Å²) in [5.74, 6) is 11.7. The lowest BCUT2D eigenvalue weighted by molar-refractivity contribution is -0.907. The van der Waals surface area contributed by atoms with E-state index < -0.39 is 0 Å². The molecule has 6 nitrogen and oxygen atoms in total. The zero-order valence-electron chi connectivity index (χ0n) is 20.3. The maximum atomic E-state index is 11.8. The van der Waals surface area contributed by atoms with Crippen molar-refractivity contribution in [1.29, 1.82) is 0 Å². The quantitative estimate of drug-likeness (QED) is 0.237. The molecule has 2 rings (SSSR count). The van der Waals surface area contributed by atoms with E-state index in [9.17, 15) is 9.59 Å². The van der Waals surface area contributed by atoms with E-state index in [1.165, 1.54) is 64.7 Å². The predicted molar refractivity (Wildman–Crippen MR) is 125 cm³/mol. The number of esters is 2. The molecule has 0 aliphatic carbocycles. The molecule has 0 aromatic rings. The lowest BCUT2D eigenvalue weighted by atomic mass is 10.1. The van der Waals surface area contributed by atoms with Crippen LogP contribution in [0, 0.1) is 23.7 Å². The Labute approximate surface area is 194 Å². The summed E-state index contributed by atoms with van der Waals surface area (Å²) < 4.78 is 12.3. The molecular weight excluding hydrogens is 404 g/mol. The lowest BCUT2D eigenvalue weighted by Crippen LogP contribution is -2.48. The average molecular weight is 447 g/mol. The van der Waals surface area contributed by atoms with Crippen molar-refractivity contribution in [2.75, 3.05) is 66.6 Å². The third-order valence-corrected chi connectivity index (χ3v) is 6.59. The minimum Gasteiger partial charge on any atom is -0.452 e. The SMILES string of the molecule is C[N+]1(CC#CCOC(=O)CCCCC(=O)OCC#CC[N+]2(C)CCCCC2)CCCCC1.